The topological polar surface area (TPSA) is 72.7 Å². The van der Waals surface area contributed by atoms with Gasteiger partial charge >= 0.3 is 0 Å². The molecule has 2 aromatic carbocycles. The molecule has 0 radical (unpaired) electrons. The van der Waals surface area contributed by atoms with Crippen LogP contribution in [-0.4, -0.2) is 27.4 Å². The predicted octanol–water partition coefficient (Wildman–Crippen LogP) is 2.96. The molecule has 4 nitrogen and oxygen atoms in total. The van der Waals surface area contributed by atoms with E-state index in [0.29, 0.717) is 0 Å². The van der Waals surface area contributed by atoms with E-state index in [2.05, 4.69) is 19.2 Å². The van der Waals surface area contributed by atoms with E-state index in [0.717, 1.165) is 30.5 Å². The van der Waals surface area contributed by atoms with Crippen LogP contribution in [0.3, 0.4) is 0 Å². The third kappa shape index (κ3) is 4.97. The Morgan fingerprint density at radius 2 is 1.41 bits per heavy atom. The molecule has 118 valence electrons. The fraction of sp³-hybridized carbons (Fsp3) is 0.333. The van der Waals surface area contributed by atoms with Crippen LogP contribution in [0.5, 0.6) is 17.2 Å². The van der Waals surface area contributed by atoms with E-state index >= 15 is 0 Å². The molecule has 0 unspecified atom stereocenters. The zero-order chi connectivity index (χ0) is 16.2. The standard InChI is InChI=1S/C18H23NO3/c1-18(2,12-13-3-5-15(20)6-4-13)19-8-7-14-9-16(21)11-17(22)10-14/h3-6,9-11,19-22H,7-8,12H2,1-2H3. The lowest BCUT2D eigenvalue weighted by Crippen LogP contribution is -2.42. The minimum atomic E-state index is -0.0875. The van der Waals surface area contributed by atoms with Crippen molar-refractivity contribution >= 4 is 0 Å². The van der Waals surface area contributed by atoms with E-state index in [1.807, 2.05) is 12.1 Å². The Hall–Kier alpha value is -2.20. The van der Waals surface area contributed by atoms with Crippen molar-refractivity contribution in [2.75, 3.05) is 6.54 Å². The Morgan fingerprint density at radius 1 is 0.818 bits per heavy atom. The fourth-order valence-corrected chi connectivity index (χ4v) is 2.53. The summed E-state index contributed by atoms with van der Waals surface area (Å²) in [5.74, 6) is 0.440. The van der Waals surface area contributed by atoms with Crippen molar-refractivity contribution in [3.8, 4) is 17.2 Å². The van der Waals surface area contributed by atoms with Gasteiger partial charge in [-0.15, -0.1) is 0 Å². The first-order valence-electron chi connectivity index (χ1n) is 7.39. The van der Waals surface area contributed by atoms with Crippen LogP contribution in [0.25, 0.3) is 0 Å². The maximum Gasteiger partial charge on any atom is 0.119 e. The van der Waals surface area contributed by atoms with Crippen LogP contribution in [0.2, 0.25) is 0 Å². The van der Waals surface area contributed by atoms with Gasteiger partial charge in [0.15, 0.2) is 0 Å². The van der Waals surface area contributed by atoms with Crippen molar-refractivity contribution in [2.24, 2.45) is 0 Å². The Balaban J connectivity index is 1.87. The summed E-state index contributed by atoms with van der Waals surface area (Å²) in [6, 6.07) is 11.9. The molecule has 0 aromatic heterocycles. The monoisotopic (exact) mass is 301 g/mol. The van der Waals surface area contributed by atoms with Gasteiger partial charge in [-0.25, -0.2) is 0 Å². The van der Waals surface area contributed by atoms with Crippen LogP contribution in [0.1, 0.15) is 25.0 Å². The fourth-order valence-electron chi connectivity index (χ4n) is 2.53. The van der Waals surface area contributed by atoms with Crippen LogP contribution in [0.4, 0.5) is 0 Å². The summed E-state index contributed by atoms with van der Waals surface area (Å²) in [6.45, 7) is 4.99. The summed E-state index contributed by atoms with van der Waals surface area (Å²) >= 11 is 0. The minimum Gasteiger partial charge on any atom is -0.508 e. The molecule has 0 spiro atoms. The first kappa shape index (κ1) is 16.2. The summed E-state index contributed by atoms with van der Waals surface area (Å²) in [4.78, 5) is 0. The van der Waals surface area contributed by atoms with Gasteiger partial charge < -0.3 is 20.6 Å². The number of benzene rings is 2. The van der Waals surface area contributed by atoms with E-state index < -0.39 is 0 Å². The Bertz CT molecular complexity index is 600. The van der Waals surface area contributed by atoms with Crippen LogP contribution in [0.15, 0.2) is 42.5 Å². The number of aromatic hydroxyl groups is 3. The Kier molecular flexibility index (Phi) is 4.93. The molecule has 22 heavy (non-hydrogen) atoms. The molecule has 0 amide bonds. The zero-order valence-electron chi connectivity index (χ0n) is 13.0. The number of rotatable bonds is 6. The van der Waals surface area contributed by atoms with E-state index in [9.17, 15) is 15.3 Å². The summed E-state index contributed by atoms with van der Waals surface area (Å²) in [5.41, 5.74) is 1.96. The van der Waals surface area contributed by atoms with Gasteiger partial charge in [-0.05, 0) is 68.6 Å². The highest BCUT2D eigenvalue weighted by Gasteiger charge is 2.17. The van der Waals surface area contributed by atoms with Crippen molar-refractivity contribution in [2.45, 2.75) is 32.2 Å². The molecule has 0 bridgehead atoms. The maximum absolute atomic E-state index is 9.47. The Labute approximate surface area is 131 Å². The first-order chi connectivity index (χ1) is 10.3. The van der Waals surface area contributed by atoms with Crippen molar-refractivity contribution in [1.82, 2.24) is 5.32 Å². The van der Waals surface area contributed by atoms with Gasteiger partial charge in [0.25, 0.3) is 0 Å². The van der Waals surface area contributed by atoms with Crippen molar-refractivity contribution in [3.05, 3.63) is 53.6 Å². The predicted molar refractivity (Wildman–Crippen MR) is 87.4 cm³/mol. The van der Waals surface area contributed by atoms with Gasteiger partial charge in [-0.3, -0.25) is 0 Å². The van der Waals surface area contributed by atoms with Crippen LogP contribution in [0, 0.1) is 0 Å². The van der Waals surface area contributed by atoms with Crippen molar-refractivity contribution in [1.29, 1.82) is 0 Å². The number of hydrogen-bond acceptors (Lipinski definition) is 4. The molecular formula is C18H23NO3. The van der Waals surface area contributed by atoms with Gasteiger partial charge in [0.1, 0.15) is 17.2 Å². The molecule has 0 saturated carbocycles. The molecule has 2 rings (SSSR count). The van der Waals surface area contributed by atoms with Gasteiger partial charge in [-0.2, -0.15) is 0 Å². The number of phenols is 3. The summed E-state index contributed by atoms with van der Waals surface area (Å²) in [5, 5.41) is 31.7. The quantitative estimate of drug-likeness (QED) is 0.662. The number of nitrogens with one attached hydrogen (secondary N) is 1. The second kappa shape index (κ2) is 6.71. The number of phenolic OH excluding ortho intramolecular Hbond substituents is 3. The zero-order valence-corrected chi connectivity index (χ0v) is 13.0. The third-order valence-corrected chi connectivity index (χ3v) is 3.56. The molecule has 0 aliphatic heterocycles. The summed E-state index contributed by atoms with van der Waals surface area (Å²) in [7, 11) is 0. The highest BCUT2D eigenvalue weighted by molar-refractivity contribution is 5.36. The molecule has 0 saturated heterocycles. The first-order valence-corrected chi connectivity index (χ1v) is 7.39. The second-order valence-corrected chi connectivity index (χ2v) is 6.26. The maximum atomic E-state index is 9.47. The largest absolute Gasteiger partial charge is 0.508 e. The molecule has 4 N–H and O–H groups in total. The van der Waals surface area contributed by atoms with Gasteiger partial charge in [-0.1, -0.05) is 12.1 Å². The molecule has 0 heterocycles. The highest BCUT2D eigenvalue weighted by Crippen LogP contribution is 2.21. The lowest BCUT2D eigenvalue weighted by molar-refractivity contribution is 0.388. The van der Waals surface area contributed by atoms with Gasteiger partial charge in [0.05, 0.1) is 0 Å². The molecule has 4 heteroatoms. The molecule has 0 fully saturated rings. The lowest BCUT2D eigenvalue weighted by Gasteiger charge is -2.26. The minimum absolute atomic E-state index is 0.0818. The molecule has 0 aliphatic rings. The van der Waals surface area contributed by atoms with E-state index in [1.165, 1.54) is 6.07 Å². The molecular weight excluding hydrogens is 278 g/mol. The highest BCUT2D eigenvalue weighted by atomic mass is 16.3. The summed E-state index contributed by atoms with van der Waals surface area (Å²) in [6.07, 6.45) is 1.57. The van der Waals surface area contributed by atoms with Crippen LogP contribution < -0.4 is 5.32 Å². The Morgan fingerprint density at radius 3 is 2.00 bits per heavy atom. The SMILES string of the molecule is CC(C)(Cc1ccc(O)cc1)NCCc1cc(O)cc(O)c1. The smallest absolute Gasteiger partial charge is 0.119 e. The lowest BCUT2D eigenvalue weighted by atomic mass is 9.94. The van der Waals surface area contributed by atoms with Crippen LogP contribution >= 0.6 is 0 Å². The van der Waals surface area contributed by atoms with Crippen molar-refractivity contribution < 1.29 is 15.3 Å². The number of hydrogen-bond donors (Lipinski definition) is 4. The molecule has 0 atom stereocenters. The van der Waals surface area contributed by atoms with Gasteiger partial charge in [0, 0.05) is 11.6 Å². The third-order valence-electron chi connectivity index (χ3n) is 3.56. The average Bonchev–Trinajstić information content (AvgIpc) is 2.40. The van der Waals surface area contributed by atoms with Crippen molar-refractivity contribution in [3.63, 3.8) is 0 Å². The summed E-state index contributed by atoms with van der Waals surface area (Å²) < 4.78 is 0. The molecule has 2 aromatic rings. The van der Waals surface area contributed by atoms with Crippen LogP contribution in [-0.2, 0) is 12.8 Å². The van der Waals surface area contributed by atoms with Gasteiger partial charge in [0.2, 0.25) is 0 Å². The normalized spacial score (nSPS) is 11.5. The second-order valence-electron chi connectivity index (χ2n) is 6.26. The average molecular weight is 301 g/mol. The van der Waals surface area contributed by atoms with E-state index in [1.54, 1.807) is 24.3 Å². The van der Waals surface area contributed by atoms with E-state index in [-0.39, 0.29) is 22.8 Å². The van der Waals surface area contributed by atoms with E-state index in [4.69, 9.17) is 0 Å². The molecule has 0 aliphatic carbocycles.